The number of unbranched alkanes of at least 4 members (excludes halogenated alkanes) is 3. The minimum Gasteiger partial charge on any atom is -0.480 e. The summed E-state index contributed by atoms with van der Waals surface area (Å²) in [5.74, 6) is -3.41. The van der Waals surface area contributed by atoms with Crippen LogP contribution in [0.15, 0.2) is 54.6 Å². The van der Waals surface area contributed by atoms with Gasteiger partial charge in [-0.05, 0) is 80.3 Å². The van der Waals surface area contributed by atoms with Gasteiger partial charge >= 0.3 is 11.9 Å². The van der Waals surface area contributed by atoms with Gasteiger partial charge in [-0.2, -0.15) is 0 Å². The summed E-state index contributed by atoms with van der Waals surface area (Å²) >= 11 is 0. The maximum Gasteiger partial charge on any atom is 0.336 e. The molecule has 0 saturated heterocycles. The Hall–Kier alpha value is -3.95. The predicted octanol–water partition coefficient (Wildman–Crippen LogP) is 5.43. The zero-order valence-electron chi connectivity index (χ0n) is 25.4. The highest BCUT2D eigenvalue weighted by atomic mass is 16.6. The fourth-order valence-corrected chi connectivity index (χ4v) is 5.20. The van der Waals surface area contributed by atoms with Gasteiger partial charge in [-0.1, -0.05) is 66.6 Å². The first-order valence-corrected chi connectivity index (χ1v) is 14.9. The van der Waals surface area contributed by atoms with E-state index in [9.17, 15) is 19.5 Å². The molecule has 3 aromatic rings. The van der Waals surface area contributed by atoms with E-state index in [0.717, 1.165) is 31.4 Å². The van der Waals surface area contributed by atoms with Gasteiger partial charge in [0.15, 0.2) is 12.2 Å². The highest BCUT2D eigenvalue weighted by Crippen LogP contribution is 2.22. The minimum atomic E-state index is -1.74. The number of hydrogen-bond donors (Lipinski definition) is 4. The fourth-order valence-electron chi connectivity index (χ4n) is 5.20. The number of amides is 1. The molecule has 43 heavy (non-hydrogen) atoms. The number of carboxylic acid groups (broad SMARTS) is 2. The Labute approximate surface area is 253 Å². The molecule has 0 fully saturated rings. The fraction of sp³-hybridized carbons (Fsp3) is 0.441. The number of aliphatic carboxylic acids is 2. The average molecular weight is 593 g/mol. The lowest BCUT2D eigenvalue weighted by atomic mass is 10.0. The van der Waals surface area contributed by atoms with Crippen molar-refractivity contribution >= 4 is 34.3 Å². The first-order valence-electron chi connectivity index (χ1n) is 14.9. The number of ether oxygens (including phenoxy) is 2. The van der Waals surface area contributed by atoms with Crippen LogP contribution in [0.4, 0.5) is 5.69 Å². The lowest BCUT2D eigenvalue weighted by Crippen LogP contribution is -2.49. The Morgan fingerprint density at radius 1 is 0.767 bits per heavy atom. The van der Waals surface area contributed by atoms with Crippen molar-refractivity contribution in [2.75, 3.05) is 31.6 Å². The Kier molecular flexibility index (Phi) is 13.4. The Morgan fingerprint density at radius 3 is 2.16 bits per heavy atom. The number of benzene rings is 3. The van der Waals surface area contributed by atoms with E-state index in [1.807, 2.05) is 12.1 Å². The molecule has 0 radical (unpaired) electrons. The summed E-state index contributed by atoms with van der Waals surface area (Å²) in [7, 11) is 0. The molecule has 0 spiro atoms. The molecule has 0 saturated carbocycles. The standard InChI is InChI=1S/C34H44N2O7/c1-23-19-24(2)30(25(3)20-23)35-16-9-10-18-42-31(32(34(40)41)43-22-29(37)38)33(39)36-17-8-4-5-11-26-14-15-27-12-6-7-13-28(27)21-26/h6-7,12-15,19-21,31-32,35H,4-5,8-11,16-18,22H2,1-3H3,(H,36,39)(H,37,38)(H,40,41). The monoisotopic (exact) mass is 592 g/mol. The average Bonchev–Trinajstić information content (AvgIpc) is 2.96. The SMILES string of the molecule is Cc1cc(C)c(NCCCCOC(C(=O)NCCCCCc2ccc3ccccc3c2)C(OCC(=O)O)C(=O)O)c(C)c1. The van der Waals surface area contributed by atoms with E-state index in [2.05, 4.69) is 73.9 Å². The molecule has 2 unspecified atom stereocenters. The molecule has 0 aliphatic heterocycles. The van der Waals surface area contributed by atoms with Gasteiger partial charge in [0, 0.05) is 25.4 Å². The molecule has 0 bridgehead atoms. The molecule has 232 valence electrons. The molecular weight excluding hydrogens is 548 g/mol. The summed E-state index contributed by atoms with van der Waals surface area (Å²) in [6, 6.07) is 18.9. The minimum absolute atomic E-state index is 0.123. The van der Waals surface area contributed by atoms with E-state index in [0.29, 0.717) is 25.9 Å². The second-order valence-electron chi connectivity index (χ2n) is 10.9. The third-order valence-corrected chi connectivity index (χ3v) is 7.27. The molecule has 0 aliphatic rings. The number of anilines is 1. The van der Waals surface area contributed by atoms with E-state index in [-0.39, 0.29) is 6.61 Å². The third-order valence-electron chi connectivity index (χ3n) is 7.27. The van der Waals surface area contributed by atoms with E-state index < -0.39 is 36.7 Å². The van der Waals surface area contributed by atoms with Crippen LogP contribution >= 0.6 is 0 Å². The first-order chi connectivity index (χ1) is 20.7. The van der Waals surface area contributed by atoms with Gasteiger partial charge in [0.25, 0.3) is 5.91 Å². The number of carbonyl (C=O) groups is 3. The van der Waals surface area contributed by atoms with Gasteiger partial charge in [0.1, 0.15) is 6.61 Å². The van der Waals surface area contributed by atoms with E-state index >= 15 is 0 Å². The Morgan fingerprint density at radius 2 is 1.47 bits per heavy atom. The summed E-state index contributed by atoms with van der Waals surface area (Å²) in [5.41, 5.74) is 5.89. The maximum absolute atomic E-state index is 13.0. The molecule has 2 atom stereocenters. The molecule has 3 rings (SSSR count). The Bertz CT molecular complexity index is 1350. The summed E-state index contributed by atoms with van der Waals surface area (Å²) in [6.45, 7) is 6.48. The first kappa shape index (κ1) is 33.6. The van der Waals surface area contributed by atoms with Crippen molar-refractivity contribution in [2.24, 2.45) is 0 Å². The van der Waals surface area contributed by atoms with Gasteiger partial charge in [0.05, 0.1) is 0 Å². The van der Waals surface area contributed by atoms with Crippen LogP contribution in [0.5, 0.6) is 0 Å². The molecule has 0 aromatic heterocycles. The van der Waals surface area contributed by atoms with Gasteiger partial charge in [0.2, 0.25) is 0 Å². The van der Waals surface area contributed by atoms with Crippen LogP contribution in [0.25, 0.3) is 10.8 Å². The van der Waals surface area contributed by atoms with Crippen LogP contribution in [0.3, 0.4) is 0 Å². The van der Waals surface area contributed by atoms with Crippen molar-refractivity contribution in [3.63, 3.8) is 0 Å². The predicted molar refractivity (Wildman–Crippen MR) is 168 cm³/mol. The maximum atomic E-state index is 13.0. The van der Waals surface area contributed by atoms with Crippen LogP contribution in [-0.4, -0.2) is 66.6 Å². The number of hydrogen-bond acceptors (Lipinski definition) is 6. The lowest BCUT2D eigenvalue weighted by Gasteiger charge is -2.23. The van der Waals surface area contributed by atoms with Gasteiger partial charge in [-0.25, -0.2) is 9.59 Å². The summed E-state index contributed by atoms with van der Waals surface area (Å²) in [6.07, 6.45) is 1.55. The van der Waals surface area contributed by atoms with Gasteiger partial charge in [-0.15, -0.1) is 0 Å². The molecule has 9 nitrogen and oxygen atoms in total. The molecule has 0 aliphatic carbocycles. The van der Waals surface area contributed by atoms with E-state index in [1.165, 1.54) is 33.0 Å². The molecular formula is C34H44N2O7. The van der Waals surface area contributed by atoms with Crippen molar-refractivity contribution in [3.8, 4) is 0 Å². The number of nitrogens with one attached hydrogen (secondary N) is 2. The zero-order valence-corrected chi connectivity index (χ0v) is 25.4. The second-order valence-corrected chi connectivity index (χ2v) is 10.9. The highest BCUT2D eigenvalue weighted by molar-refractivity contribution is 5.88. The van der Waals surface area contributed by atoms with Crippen LogP contribution in [0.1, 0.15) is 54.4 Å². The smallest absolute Gasteiger partial charge is 0.336 e. The molecule has 0 heterocycles. The van der Waals surface area contributed by atoms with Crippen LogP contribution in [-0.2, 0) is 30.3 Å². The lowest BCUT2D eigenvalue weighted by molar-refractivity contribution is -0.172. The van der Waals surface area contributed by atoms with Crippen LogP contribution < -0.4 is 10.6 Å². The van der Waals surface area contributed by atoms with E-state index in [1.54, 1.807) is 0 Å². The summed E-state index contributed by atoms with van der Waals surface area (Å²) in [5, 5.41) is 27.3. The highest BCUT2D eigenvalue weighted by Gasteiger charge is 2.36. The third kappa shape index (κ3) is 11.0. The second kappa shape index (κ2) is 17.2. The number of aryl methyl sites for hydroxylation is 4. The largest absolute Gasteiger partial charge is 0.480 e. The quantitative estimate of drug-likeness (QED) is 0.136. The van der Waals surface area contributed by atoms with Crippen molar-refractivity contribution in [1.29, 1.82) is 0 Å². The number of rotatable bonds is 19. The van der Waals surface area contributed by atoms with Gasteiger partial charge < -0.3 is 30.3 Å². The van der Waals surface area contributed by atoms with Crippen LogP contribution in [0.2, 0.25) is 0 Å². The molecule has 9 heteroatoms. The number of carbonyl (C=O) groups excluding carboxylic acids is 1. The normalized spacial score (nSPS) is 12.5. The zero-order chi connectivity index (χ0) is 31.2. The van der Waals surface area contributed by atoms with Crippen molar-refractivity contribution in [2.45, 2.75) is 71.5 Å². The summed E-state index contributed by atoms with van der Waals surface area (Å²) < 4.78 is 10.8. The molecule has 3 aromatic carbocycles. The number of carboxylic acids is 2. The topological polar surface area (TPSA) is 134 Å². The van der Waals surface area contributed by atoms with Crippen LogP contribution in [0, 0.1) is 20.8 Å². The molecule has 4 N–H and O–H groups in total. The van der Waals surface area contributed by atoms with E-state index in [4.69, 9.17) is 14.6 Å². The van der Waals surface area contributed by atoms with Gasteiger partial charge in [-0.3, -0.25) is 4.79 Å². The van der Waals surface area contributed by atoms with Crippen molar-refractivity contribution in [1.82, 2.24) is 5.32 Å². The molecule has 1 amide bonds. The Balaban J connectivity index is 1.45. The summed E-state index contributed by atoms with van der Waals surface area (Å²) in [4.78, 5) is 35.9. The van der Waals surface area contributed by atoms with Crippen molar-refractivity contribution < 1.29 is 34.1 Å². The number of fused-ring (bicyclic) bond motifs is 1. The van der Waals surface area contributed by atoms with Crippen molar-refractivity contribution in [3.05, 3.63) is 76.9 Å².